The lowest BCUT2D eigenvalue weighted by molar-refractivity contribution is -0.129. The topological polar surface area (TPSA) is 67.2 Å². The summed E-state index contributed by atoms with van der Waals surface area (Å²) in [6.07, 6.45) is 1.66. The number of likely N-dealkylation sites (N-methyl/N-ethyl adjacent to an activating group) is 1. The van der Waals surface area contributed by atoms with Crippen molar-refractivity contribution in [3.05, 3.63) is 58.7 Å². The van der Waals surface area contributed by atoms with E-state index in [0.29, 0.717) is 11.4 Å². The van der Waals surface area contributed by atoms with Crippen LogP contribution < -0.4 is 5.32 Å². The zero-order valence-electron chi connectivity index (χ0n) is 13.9. The van der Waals surface area contributed by atoms with Gasteiger partial charge in [0.1, 0.15) is 6.54 Å². The highest BCUT2D eigenvalue weighted by Crippen LogP contribution is 2.25. The molecule has 0 unspecified atom stereocenters. The Kier molecular flexibility index (Phi) is 4.85. The van der Waals surface area contributed by atoms with Crippen LogP contribution >= 0.6 is 15.9 Å². The molecule has 0 saturated heterocycles. The Hall–Kier alpha value is -2.67. The second kappa shape index (κ2) is 7.06. The van der Waals surface area contributed by atoms with Gasteiger partial charge in [0, 0.05) is 36.4 Å². The summed E-state index contributed by atoms with van der Waals surface area (Å²) >= 11 is 3.44. The minimum atomic E-state index is -0.248. The van der Waals surface area contributed by atoms with E-state index in [9.17, 15) is 9.59 Å². The molecule has 128 valence electrons. The number of hydrogen-bond donors (Lipinski definition) is 1. The van der Waals surface area contributed by atoms with Gasteiger partial charge in [-0.25, -0.2) is 0 Å². The zero-order valence-corrected chi connectivity index (χ0v) is 15.4. The number of anilines is 1. The van der Waals surface area contributed by atoms with E-state index in [1.807, 2.05) is 30.3 Å². The van der Waals surface area contributed by atoms with Crippen LogP contribution in [0.1, 0.15) is 10.4 Å². The summed E-state index contributed by atoms with van der Waals surface area (Å²) < 4.78 is 2.33. The van der Waals surface area contributed by atoms with Crippen LogP contribution in [0.5, 0.6) is 0 Å². The highest BCUT2D eigenvalue weighted by Gasteiger charge is 2.13. The number of aromatic nitrogens is 2. The van der Waals surface area contributed by atoms with Crippen LogP contribution in [0.15, 0.2) is 53.1 Å². The van der Waals surface area contributed by atoms with Crippen LogP contribution in [0, 0.1) is 0 Å². The Balaban J connectivity index is 1.82. The molecule has 0 radical (unpaired) electrons. The van der Waals surface area contributed by atoms with Gasteiger partial charge in [-0.05, 0) is 22.9 Å². The predicted octanol–water partition coefficient (Wildman–Crippen LogP) is 3.14. The Morgan fingerprint density at radius 1 is 1.20 bits per heavy atom. The third-order valence-electron chi connectivity index (χ3n) is 3.75. The summed E-state index contributed by atoms with van der Waals surface area (Å²) in [6, 6.07) is 13.1. The summed E-state index contributed by atoms with van der Waals surface area (Å²) in [6.45, 7) is 0.128. The number of fused-ring (bicyclic) bond motifs is 1. The van der Waals surface area contributed by atoms with Gasteiger partial charge < -0.3 is 10.2 Å². The first-order chi connectivity index (χ1) is 11.9. The van der Waals surface area contributed by atoms with E-state index in [1.165, 1.54) is 9.58 Å². The van der Waals surface area contributed by atoms with Gasteiger partial charge in [0.05, 0.1) is 0 Å². The number of benzene rings is 2. The molecule has 0 fully saturated rings. The number of carbonyl (C=O) groups excluding carboxylic acids is 2. The van der Waals surface area contributed by atoms with Gasteiger partial charge in [0.15, 0.2) is 5.82 Å². The number of nitrogens with one attached hydrogen (secondary N) is 1. The summed E-state index contributed by atoms with van der Waals surface area (Å²) in [4.78, 5) is 25.9. The Bertz CT molecular complexity index is 949. The van der Waals surface area contributed by atoms with Crippen LogP contribution in [-0.2, 0) is 11.3 Å². The number of rotatable bonds is 4. The number of carbonyl (C=O) groups is 2. The number of nitrogens with zero attached hydrogens (tertiary/aromatic N) is 3. The molecular weight excluding hydrogens is 384 g/mol. The number of hydrogen-bond acceptors (Lipinski definition) is 3. The number of amides is 2. The van der Waals surface area contributed by atoms with Crippen molar-refractivity contribution in [3.63, 3.8) is 0 Å². The molecule has 0 aliphatic rings. The predicted molar refractivity (Wildman–Crippen MR) is 101 cm³/mol. The standard InChI is InChI=1S/C18H17BrN4O2/c1-22(2)17(24)11-23-8-7-16(21-23)20-18(25)15-10-13(19)9-12-5-3-4-6-14(12)15/h3-10H,11H2,1-2H3,(H,20,21,25). The normalized spacial score (nSPS) is 10.7. The molecule has 0 aliphatic carbocycles. The van der Waals surface area contributed by atoms with Crippen molar-refractivity contribution in [2.75, 3.05) is 19.4 Å². The zero-order chi connectivity index (χ0) is 18.0. The smallest absolute Gasteiger partial charge is 0.257 e. The van der Waals surface area contributed by atoms with Crippen LogP contribution in [0.2, 0.25) is 0 Å². The summed E-state index contributed by atoms with van der Waals surface area (Å²) in [5, 5.41) is 8.85. The van der Waals surface area contributed by atoms with Gasteiger partial charge in [0.2, 0.25) is 5.91 Å². The molecule has 6 nitrogen and oxygen atoms in total. The minimum Gasteiger partial charge on any atom is -0.347 e. The molecule has 1 heterocycles. The van der Waals surface area contributed by atoms with Crippen molar-refractivity contribution in [2.24, 2.45) is 0 Å². The molecule has 0 aliphatic heterocycles. The molecule has 3 rings (SSSR count). The molecule has 0 saturated carbocycles. The van der Waals surface area contributed by atoms with E-state index < -0.39 is 0 Å². The van der Waals surface area contributed by atoms with E-state index in [2.05, 4.69) is 26.3 Å². The molecule has 2 amide bonds. The van der Waals surface area contributed by atoms with Gasteiger partial charge >= 0.3 is 0 Å². The van der Waals surface area contributed by atoms with E-state index in [4.69, 9.17) is 0 Å². The average molecular weight is 401 g/mol. The molecule has 3 aromatic rings. The lowest BCUT2D eigenvalue weighted by atomic mass is 10.0. The SMILES string of the molecule is CN(C)C(=O)Cn1ccc(NC(=O)c2cc(Br)cc3ccccc23)n1. The van der Waals surface area contributed by atoms with Crippen molar-refractivity contribution < 1.29 is 9.59 Å². The first-order valence-electron chi connectivity index (χ1n) is 7.67. The third kappa shape index (κ3) is 3.88. The summed E-state index contributed by atoms with van der Waals surface area (Å²) in [5.74, 6) is 0.0845. The lowest BCUT2D eigenvalue weighted by Crippen LogP contribution is -2.26. The molecule has 1 aromatic heterocycles. The molecule has 0 bridgehead atoms. The van der Waals surface area contributed by atoms with E-state index in [1.54, 1.807) is 32.4 Å². The monoisotopic (exact) mass is 400 g/mol. The molecular formula is C18H17BrN4O2. The van der Waals surface area contributed by atoms with Crippen LogP contribution in [0.25, 0.3) is 10.8 Å². The van der Waals surface area contributed by atoms with Gasteiger partial charge in [-0.15, -0.1) is 0 Å². The second-order valence-electron chi connectivity index (χ2n) is 5.82. The fourth-order valence-corrected chi connectivity index (χ4v) is 2.92. The van der Waals surface area contributed by atoms with Crippen molar-refractivity contribution in [1.29, 1.82) is 0 Å². The van der Waals surface area contributed by atoms with E-state index in [0.717, 1.165) is 15.2 Å². The fourth-order valence-electron chi connectivity index (χ4n) is 2.44. The van der Waals surface area contributed by atoms with Crippen LogP contribution in [0.3, 0.4) is 0 Å². The van der Waals surface area contributed by atoms with Gasteiger partial charge in [-0.1, -0.05) is 40.2 Å². The molecule has 2 aromatic carbocycles. The van der Waals surface area contributed by atoms with E-state index in [-0.39, 0.29) is 18.4 Å². The van der Waals surface area contributed by atoms with Crippen molar-refractivity contribution in [1.82, 2.24) is 14.7 Å². The average Bonchev–Trinajstić information content (AvgIpc) is 3.00. The maximum absolute atomic E-state index is 12.7. The maximum Gasteiger partial charge on any atom is 0.257 e. The third-order valence-corrected chi connectivity index (χ3v) is 4.21. The number of halogens is 1. The highest BCUT2D eigenvalue weighted by atomic mass is 79.9. The van der Waals surface area contributed by atoms with Gasteiger partial charge in [-0.3, -0.25) is 14.3 Å². The van der Waals surface area contributed by atoms with Crippen LogP contribution in [-0.4, -0.2) is 40.6 Å². The second-order valence-corrected chi connectivity index (χ2v) is 6.73. The molecule has 25 heavy (non-hydrogen) atoms. The van der Waals surface area contributed by atoms with Crippen molar-refractivity contribution >= 4 is 44.3 Å². The molecule has 0 atom stereocenters. The van der Waals surface area contributed by atoms with Gasteiger partial charge in [0.25, 0.3) is 5.91 Å². The first-order valence-corrected chi connectivity index (χ1v) is 8.46. The van der Waals surface area contributed by atoms with E-state index >= 15 is 0 Å². The maximum atomic E-state index is 12.7. The summed E-state index contributed by atoms with van der Waals surface area (Å²) in [5.41, 5.74) is 0.559. The van der Waals surface area contributed by atoms with Crippen molar-refractivity contribution in [2.45, 2.75) is 6.54 Å². The highest BCUT2D eigenvalue weighted by molar-refractivity contribution is 9.10. The van der Waals surface area contributed by atoms with Crippen molar-refractivity contribution in [3.8, 4) is 0 Å². The molecule has 7 heteroatoms. The van der Waals surface area contributed by atoms with Gasteiger partial charge in [-0.2, -0.15) is 5.10 Å². The fraction of sp³-hybridized carbons (Fsp3) is 0.167. The van der Waals surface area contributed by atoms with Crippen LogP contribution in [0.4, 0.5) is 5.82 Å². The first kappa shape index (κ1) is 17.2. The quantitative estimate of drug-likeness (QED) is 0.731. The molecule has 1 N–H and O–H groups in total. The Labute approximate surface area is 153 Å². The Morgan fingerprint density at radius 2 is 1.96 bits per heavy atom. The summed E-state index contributed by atoms with van der Waals surface area (Å²) in [7, 11) is 3.37. The minimum absolute atomic E-state index is 0.0704. The molecule has 0 spiro atoms. The Morgan fingerprint density at radius 3 is 2.72 bits per heavy atom. The lowest BCUT2D eigenvalue weighted by Gasteiger charge is -2.10. The largest absolute Gasteiger partial charge is 0.347 e.